The van der Waals surface area contributed by atoms with Crippen molar-refractivity contribution in [3.63, 3.8) is 0 Å². The summed E-state index contributed by atoms with van der Waals surface area (Å²) in [7, 11) is 3.24. The standard InChI is InChI=1S/C28H22N4O4/c1-30-25-22(27(33)31(2)28(30)34)24(16-8-4-3-5-9-16)32-19-11-7-6-10-18(19)29-23(26(25)32)17-12-13-20-21(14-17)36-15-35-20/h3-14,23,29H,15H2,1-2H3/t23-/m1/s1. The molecular formula is C28H22N4O4. The normalized spacial score (nSPS) is 15.4. The first-order valence-corrected chi connectivity index (χ1v) is 11.7. The topological polar surface area (TPSA) is 79.4 Å². The number of benzene rings is 3. The molecule has 1 N–H and O–H groups in total. The SMILES string of the molecule is Cn1c(=O)c2c(-c3ccccc3)n3c(c2n(C)c1=O)[C@@H](c1ccc2c(c1)OCO2)Nc1ccccc1-3. The number of hydrogen-bond acceptors (Lipinski definition) is 5. The predicted molar refractivity (Wildman–Crippen MR) is 137 cm³/mol. The molecule has 0 unspecified atom stereocenters. The number of fused-ring (bicyclic) bond motifs is 6. The van der Waals surface area contributed by atoms with E-state index in [4.69, 9.17) is 9.47 Å². The van der Waals surface area contributed by atoms with Gasteiger partial charge in [0, 0.05) is 14.1 Å². The molecule has 0 saturated carbocycles. The fourth-order valence-electron chi connectivity index (χ4n) is 5.43. The van der Waals surface area contributed by atoms with E-state index < -0.39 is 0 Å². The Bertz CT molecular complexity index is 1810. The van der Waals surface area contributed by atoms with Gasteiger partial charge in [-0.2, -0.15) is 0 Å². The third-order valence-corrected chi connectivity index (χ3v) is 7.10. The summed E-state index contributed by atoms with van der Waals surface area (Å²) < 4.78 is 16.1. The molecule has 5 aromatic rings. The van der Waals surface area contributed by atoms with Crippen LogP contribution in [0.3, 0.4) is 0 Å². The fraction of sp³-hybridized carbons (Fsp3) is 0.143. The predicted octanol–water partition coefficient (Wildman–Crippen LogP) is 3.94. The van der Waals surface area contributed by atoms with E-state index in [9.17, 15) is 9.59 Å². The van der Waals surface area contributed by atoms with Gasteiger partial charge in [-0.3, -0.25) is 13.9 Å². The van der Waals surface area contributed by atoms with Crippen molar-refractivity contribution in [2.24, 2.45) is 14.1 Å². The first-order chi connectivity index (χ1) is 17.5. The summed E-state index contributed by atoms with van der Waals surface area (Å²) >= 11 is 0. The molecule has 0 bridgehead atoms. The Balaban J connectivity index is 1.67. The minimum atomic E-state index is -0.371. The van der Waals surface area contributed by atoms with Crippen LogP contribution in [0.4, 0.5) is 5.69 Å². The Morgan fingerprint density at radius 1 is 0.861 bits per heavy atom. The molecule has 8 nitrogen and oxygen atoms in total. The Morgan fingerprint density at radius 3 is 2.44 bits per heavy atom. The van der Waals surface area contributed by atoms with Crippen molar-refractivity contribution in [1.82, 2.24) is 13.7 Å². The van der Waals surface area contributed by atoms with Crippen LogP contribution in [0.1, 0.15) is 17.3 Å². The van der Waals surface area contributed by atoms with Crippen molar-refractivity contribution in [3.05, 3.63) is 105 Å². The van der Waals surface area contributed by atoms with Crippen LogP contribution in [0, 0.1) is 0 Å². The third kappa shape index (κ3) is 2.69. The molecule has 0 fully saturated rings. The molecule has 2 aromatic heterocycles. The molecule has 2 aliphatic heterocycles. The van der Waals surface area contributed by atoms with E-state index >= 15 is 0 Å². The summed E-state index contributed by atoms with van der Waals surface area (Å²) in [6.45, 7) is 0.182. The highest BCUT2D eigenvalue weighted by Gasteiger charge is 2.35. The van der Waals surface area contributed by atoms with Crippen molar-refractivity contribution < 1.29 is 9.47 Å². The highest BCUT2D eigenvalue weighted by atomic mass is 16.7. The fourth-order valence-corrected chi connectivity index (χ4v) is 5.43. The molecule has 2 aliphatic rings. The summed E-state index contributed by atoms with van der Waals surface area (Å²) in [4.78, 5) is 26.8. The van der Waals surface area contributed by atoms with Gasteiger partial charge in [-0.15, -0.1) is 0 Å². The lowest BCUT2D eigenvalue weighted by molar-refractivity contribution is 0.174. The number of nitrogens with zero attached hydrogens (tertiary/aromatic N) is 3. The molecule has 178 valence electrons. The molecule has 7 rings (SSSR count). The van der Waals surface area contributed by atoms with Crippen molar-refractivity contribution in [2.45, 2.75) is 6.04 Å². The number of nitrogens with one attached hydrogen (secondary N) is 1. The Labute approximate surface area is 205 Å². The van der Waals surface area contributed by atoms with Crippen LogP contribution in [-0.2, 0) is 14.1 Å². The number of rotatable bonds is 2. The average molecular weight is 479 g/mol. The number of anilines is 1. The second kappa shape index (κ2) is 7.39. The van der Waals surface area contributed by atoms with Crippen LogP contribution >= 0.6 is 0 Å². The smallest absolute Gasteiger partial charge is 0.331 e. The lowest BCUT2D eigenvalue weighted by Gasteiger charge is -2.31. The summed E-state index contributed by atoms with van der Waals surface area (Å²) in [6.07, 6.45) is 0. The molecule has 0 spiro atoms. The number of aromatic nitrogens is 3. The maximum atomic E-state index is 13.7. The van der Waals surface area contributed by atoms with E-state index in [0.29, 0.717) is 22.4 Å². The summed E-state index contributed by atoms with van der Waals surface area (Å²) in [5.41, 5.74) is 5.15. The minimum Gasteiger partial charge on any atom is -0.454 e. The van der Waals surface area contributed by atoms with Gasteiger partial charge in [0.2, 0.25) is 6.79 Å². The quantitative estimate of drug-likeness (QED) is 0.416. The van der Waals surface area contributed by atoms with Crippen molar-refractivity contribution in [1.29, 1.82) is 0 Å². The molecule has 0 aliphatic carbocycles. The van der Waals surface area contributed by atoms with Crippen LogP contribution in [0.25, 0.3) is 27.8 Å². The van der Waals surface area contributed by atoms with E-state index in [1.165, 1.54) is 11.6 Å². The van der Waals surface area contributed by atoms with E-state index in [-0.39, 0.29) is 24.1 Å². The number of aryl methyl sites for hydroxylation is 1. The molecule has 8 heteroatoms. The van der Waals surface area contributed by atoms with Gasteiger partial charge in [0.05, 0.1) is 39.7 Å². The lowest BCUT2D eigenvalue weighted by Crippen LogP contribution is -2.37. The zero-order valence-electron chi connectivity index (χ0n) is 19.7. The van der Waals surface area contributed by atoms with Crippen LogP contribution in [0.5, 0.6) is 11.5 Å². The van der Waals surface area contributed by atoms with Crippen LogP contribution in [-0.4, -0.2) is 20.5 Å². The Morgan fingerprint density at radius 2 is 1.61 bits per heavy atom. The monoisotopic (exact) mass is 478 g/mol. The van der Waals surface area contributed by atoms with Gasteiger partial charge in [-0.1, -0.05) is 48.5 Å². The maximum absolute atomic E-state index is 13.7. The van der Waals surface area contributed by atoms with Crippen LogP contribution in [0.2, 0.25) is 0 Å². The summed E-state index contributed by atoms with van der Waals surface area (Å²) in [5, 5.41) is 4.16. The average Bonchev–Trinajstić information content (AvgIpc) is 3.53. The van der Waals surface area contributed by atoms with Crippen molar-refractivity contribution in [3.8, 4) is 28.4 Å². The second-order valence-electron chi connectivity index (χ2n) is 9.07. The first-order valence-electron chi connectivity index (χ1n) is 11.7. The van der Waals surface area contributed by atoms with Gasteiger partial charge in [0.1, 0.15) is 0 Å². The molecule has 1 atom stereocenters. The van der Waals surface area contributed by atoms with Gasteiger partial charge < -0.3 is 19.4 Å². The van der Waals surface area contributed by atoms with E-state index in [1.807, 2.05) is 72.8 Å². The van der Waals surface area contributed by atoms with Crippen molar-refractivity contribution in [2.75, 3.05) is 12.1 Å². The zero-order chi connectivity index (χ0) is 24.6. The van der Waals surface area contributed by atoms with E-state index in [0.717, 1.165) is 33.9 Å². The number of ether oxygens (including phenoxy) is 2. The van der Waals surface area contributed by atoms with Crippen LogP contribution < -0.4 is 26.0 Å². The van der Waals surface area contributed by atoms with Gasteiger partial charge >= 0.3 is 5.69 Å². The molecular weight excluding hydrogens is 456 g/mol. The Hall–Kier alpha value is -4.72. The second-order valence-corrected chi connectivity index (χ2v) is 9.07. The Kier molecular flexibility index (Phi) is 4.23. The minimum absolute atomic E-state index is 0.182. The summed E-state index contributed by atoms with van der Waals surface area (Å²) in [5.74, 6) is 1.37. The molecule has 0 saturated heterocycles. The van der Waals surface area contributed by atoms with Gasteiger partial charge in [-0.25, -0.2) is 4.79 Å². The highest BCUT2D eigenvalue weighted by Crippen LogP contribution is 2.46. The molecule has 0 radical (unpaired) electrons. The largest absolute Gasteiger partial charge is 0.454 e. The van der Waals surface area contributed by atoms with Gasteiger partial charge in [0.15, 0.2) is 11.5 Å². The zero-order valence-corrected chi connectivity index (χ0v) is 19.7. The molecule has 36 heavy (non-hydrogen) atoms. The van der Waals surface area contributed by atoms with Crippen molar-refractivity contribution >= 4 is 16.6 Å². The van der Waals surface area contributed by atoms with E-state index in [1.54, 1.807) is 11.6 Å². The number of para-hydroxylation sites is 2. The third-order valence-electron chi connectivity index (χ3n) is 7.10. The van der Waals surface area contributed by atoms with Crippen LogP contribution in [0.15, 0.2) is 82.4 Å². The highest BCUT2D eigenvalue weighted by molar-refractivity contribution is 5.99. The van der Waals surface area contributed by atoms with Gasteiger partial charge in [-0.05, 0) is 35.4 Å². The van der Waals surface area contributed by atoms with Gasteiger partial charge in [0.25, 0.3) is 5.56 Å². The summed E-state index contributed by atoms with van der Waals surface area (Å²) in [6, 6.07) is 23.3. The number of hydrogen-bond donors (Lipinski definition) is 1. The first kappa shape index (κ1) is 20.6. The van der Waals surface area contributed by atoms with E-state index in [2.05, 4.69) is 9.88 Å². The molecule has 4 heterocycles. The maximum Gasteiger partial charge on any atom is 0.331 e. The molecule has 0 amide bonds. The lowest BCUT2D eigenvalue weighted by atomic mass is 9.99. The molecule has 3 aromatic carbocycles.